The second-order valence-corrected chi connectivity index (χ2v) is 6.25. The van der Waals surface area contributed by atoms with Gasteiger partial charge < -0.3 is 30.0 Å². The van der Waals surface area contributed by atoms with E-state index in [-0.39, 0.29) is 6.61 Å². The molecule has 1 amide bonds. The zero-order chi connectivity index (χ0) is 18.0. The molecule has 7 nitrogen and oxygen atoms in total. The molecule has 0 heterocycles. The molecule has 0 spiro atoms. The maximum absolute atomic E-state index is 11.4. The van der Waals surface area contributed by atoms with Crippen molar-refractivity contribution in [3.05, 3.63) is 24.3 Å². The Morgan fingerprint density at radius 1 is 1.21 bits per heavy atom. The smallest absolute Gasteiger partial charge is 0.407 e. The highest BCUT2D eigenvalue weighted by molar-refractivity contribution is 5.67. The largest absolute Gasteiger partial charge is 0.493 e. The molecule has 1 rings (SSSR count). The van der Waals surface area contributed by atoms with Gasteiger partial charge in [0, 0.05) is 19.6 Å². The quantitative estimate of drug-likeness (QED) is 0.591. The minimum absolute atomic E-state index is 0.146. The number of amides is 1. The van der Waals surface area contributed by atoms with Gasteiger partial charge in [-0.1, -0.05) is 12.1 Å². The Kier molecular flexibility index (Phi) is 8.35. The van der Waals surface area contributed by atoms with E-state index in [1.807, 2.05) is 32.9 Å². The summed E-state index contributed by atoms with van der Waals surface area (Å²) in [6, 6.07) is 7.26. The normalized spacial score (nSPS) is 12.4. The van der Waals surface area contributed by atoms with E-state index in [9.17, 15) is 9.90 Å². The van der Waals surface area contributed by atoms with E-state index in [2.05, 4.69) is 10.6 Å². The van der Waals surface area contributed by atoms with Crippen LogP contribution in [0.3, 0.4) is 0 Å². The molecule has 7 heteroatoms. The van der Waals surface area contributed by atoms with Crippen LogP contribution >= 0.6 is 0 Å². The number of rotatable bonds is 9. The average Bonchev–Trinajstić information content (AvgIpc) is 2.51. The average molecular weight is 340 g/mol. The number of aliphatic hydroxyl groups excluding tert-OH is 1. The van der Waals surface area contributed by atoms with Gasteiger partial charge in [-0.15, -0.1) is 0 Å². The molecule has 0 saturated heterocycles. The minimum Gasteiger partial charge on any atom is -0.493 e. The summed E-state index contributed by atoms with van der Waals surface area (Å²) in [5.74, 6) is 1.21. The molecule has 136 valence electrons. The van der Waals surface area contributed by atoms with Gasteiger partial charge in [0.05, 0.1) is 7.11 Å². The lowest BCUT2D eigenvalue weighted by Crippen LogP contribution is -2.39. The van der Waals surface area contributed by atoms with Crippen LogP contribution in [0.5, 0.6) is 11.5 Å². The van der Waals surface area contributed by atoms with E-state index < -0.39 is 17.8 Å². The molecule has 0 fully saturated rings. The van der Waals surface area contributed by atoms with Crippen LogP contribution in [0, 0.1) is 0 Å². The molecule has 1 aromatic carbocycles. The van der Waals surface area contributed by atoms with E-state index in [1.165, 1.54) is 0 Å². The molecule has 1 atom stereocenters. The minimum atomic E-state index is -0.670. The number of methoxy groups -OCH3 is 1. The fourth-order valence-corrected chi connectivity index (χ4v) is 1.82. The Morgan fingerprint density at radius 2 is 1.88 bits per heavy atom. The summed E-state index contributed by atoms with van der Waals surface area (Å²) in [5.41, 5.74) is -0.510. The third-order valence-electron chi connectivity index (χ3n) is 2.85. The highest BCUT2D eigenvalue weighted by Crippen LogP contribution is 2.25. The van der Waals surface area contributed by atoms with Gasteiger partial charge in [0.25, 0.3) is 0 Å². The van der Waals surface area contributed by atoms with Crippen molar-refractivity contribution in [3.8, 4) is 11.5 Å². The Hall–Kier alpha value is -1.99. The first-order chi connectivity index (χ1) is 11.3. The molecule has 0 radical (unpaired) electrons. The maximum atomic E-state index is 11.4. The summed E-state index contributed by atoms with van der Waals surface area (Å²) in [6.07, 6.45) is -1.12. The third-order valence-corrected chi connectivity index (χ3v) is 2.85. The number of aliphatic hydroxyl groups is 1. The van der Waals surface area contributed by atoms with E-state index in [0.717, 1.165) is 0 Å². The van der Waals surface area contributed by atoms with Crippen LogP contribution in [0.2, 0.25) is 0 Å². The highest BCUT2D eigenvalue weighted by Gasteiger charge is 2.15. The fourth-order valence-electron chi connectivity index (χ4n) is 1.82. The molecule has 0 bridgehead atoms. The Balaban J connectivity index is 2.14. The van der Waals surface area contributed by atoms with Gasteiger partial charge >= 0.3 is 6.09 Å². The lowest BCUT2D eigenvalue weighted by atomic mass is 10.2. The van der Waals surface area contributed by atoms with Crippen molar-refractivity contribution in [2.24, 2.45) is 0 Å². The highest BCUT2D eigenvalue weighted by atomic mass is 16.6. The number of nitrogens with one attached hydrogen (secondary N) is 2. The number of hydrogen-bond donors (Lipinski definition) is 3. The lowest BCUT2D eigenvalue weighted by Gasteiger charge is -2.19. The number of carbonyl (C=O) groups is 1. The Morgan fingerprint density at radius 3 is 2.50 bits per heavy atom. The van der Waals surface area contributed by atoms with Gasteiger partial charge in [0.2, 0.25) is 0 Å². The molecular formula is C17H28N2O5. The first-order valence-electron chi connectivity index (χ1n) is 7.93. The number of alkyl carbamates (subject to hydrolysis) is 1. The molecule has 1 aromatic rings. The Labute approximate surface area is 143 Å². The van der Waals surface area contributed by atoms with E-state index in [0.29, 0.717) is 31.1 Å². The van der Waals surface area contributed by atoms with Crippen LogP contribution in [0.25, 0.3) is 0 Å². The summed E-state index contributed by atoms with van der Waals surface area (Å²) < 4.78 is 15.8. The van der Waals surface area contributed by atoms with Gasteiger partial charge in [-0.25, -0.2) is 4.79 Å². The number of para-hydroxylation sites is 2. The number of hydrogen-bond acceptors (Lipinski definition) is 6. The molecule has 0 saturated carbocycles. The van der Waals surface area contributed by atoms with Gasteiger partial charge in [-0.05, 0) is 32.9 Å². The van der Waals surface area contributed by atoms with E-state index >= 15 is 0 Å². The number of benzene rings is 1. The predicted molar refractivity (Wildman–Crippen MR) is 91.6 cm³/mol. The predicted octanol–water partition coefficient (Wildman–Crippen LogP) is 1.55. The van der Waals surface area contributed by atoms with Crippen LogP contribution in [-0.2, 0) is 4.74 Å². The summed E-state index contributed by atoms with van der Waals surface area (Å²) >= 11 is 0. The SMILES string of the molecule is COc1ccccc1OCC(O)CNCCNC(=O)OC(C)(C)C. The molecule has 24 heavy (non-hydrogen) atoms. The molecule has 0 aliphatic rings. The van der Waals surface area contributed by atoms with Crippen LogP contribution in [0.1, 0.15) is 20.8 Å². The third kappa shape index (κ3) is 8.59. The zero-order valence-electron chi connectivity index (χ0n) is 14.8. The second kappa shape index (κ2) is 10.00. The van der Waals surface area contributed by atoms with Gasteiger partial charge in [-0.2, -0.15) is 0 Å². The van der Waals surface area contributed by atoms with Gasteiger partial charge in [-0.3, -0.25) is 0 Å². The summed E-state index contributed by atoms with van der Waals surface area (Å²) in [7, 11) is 1.57. The Bertz CT molecular complexity index is 502. The summed E-state index contributed by atoms with van der Waals surface area (Å²) in [6.45, 7) is 6.85. The molecule has 3 N–H and O–H groups in total. The first kappa shape index (κ1) is 20.1. The first-order valence-corrected chi connectivity index (χ1v) is 7.93. The molecule has 0 aliphatic heterocycles. The number of carbonyl (C=O) groups excluding carboxylic acids is 1. The van der Waals surface area contributed by atoms with Crippen molar-refractivity contribution in [2.45, 2.75) is 32.5 Å². The van der Waals surface area contributed by atoms with Crippen molar-refractivity contribution in [1.29, 1.82) is 0 Å². The fraction of sp³-hybridized carbons (Fsp3) is 0.588. The second-order valence-electron chi connectivity index (χ2n) is 6.25. The zero-order valence-corrected chi connectivity index (χ0v) is 14.8. The molecule has 1 unspecified atom stereocenters. The van der Waals surface area contributed by atoms with E-state index in [1.54, 1.807) is 19.2 Å². The maximum Gasteiger partial charge on any atom is 0.407 e. The van der Waals surface area contributed by atoms with Gasteiger partial charge in [0.15, 0.2) is 11.5 Å². The van der Waals surface area contributed by atoms with Gasteiger partial charge in [0.1, 0.15) is 18.3 Å². The topological polar surface area (TPSA) is 89.0 Å². The molecular weight excluding hydrogens is 312 g/mol. The lowest BCUT2D eigenvalue weighted by molar-refractivity contribution is 0.0527. The van der Waals surface area contributed by atoms with Crippen LogP contribution in [0.15, 0.2) is 24.3 Å². The van der Waals surface area contributed by atoms with Crippen LogP contribution in [0.4, 0.5) is 4.79 Å². The van der Waals surface area contributed by atoms with Crippen molar-refractivity contribution in [2.75, 3.05) is 33.4 Å². The van der Waals surface area contributed by atoms with E-state index in [4.69, 9.17) is 14.2 Å². The standard InChI is InChI=1S/C17H28N2O5/c1-17(2,3)24-16(21)19-10-9-18-11-13(20)12-23-15-8-6-5-7-14(15)22-4/h5-8,13,18,20H,9-12H2,1-4H3,(H,19,21). The van der Waals surface area contributed by atoms with Crippen LogP contribution in [-0.4, -0.2) is 56.3 Å². The molecule has 0 aromatic heterocycles. The summed E-state index contributed by atoms with van der Waals surface area (Å²) in [4.78, 5) is 11.4. The molecule has 0 aliphatic carbocycles. The van der Waals surface area contributed by atoms with Crippen LogP contribution < -0.4 is 20.1 Å². The van der Waals surface area contributed by atoms with Crippen molar-refractivity contribution < 1.29 is 24.1 Å². The van der Waals surface area contributed by atoms with Crippen molar-refractivity contribution >= 4 is 6.09 Å². The van der Waals surface area contributed by atoms with Crippen molar-refractivity contribution in [3.63, 3.8) is 0 Å². The monoisotopic (exact) mass is 340 g/mol. The number of ether oxygens (including phenoxy) is 3. The van der Waals surface area contributed by atoms with Crippen molar-refractivity contribution in [1.82, 2.24) is 10.6 Å². The summed E-state index contributed by atoms with van der Waals surface area (Å²) in [5, 5.41) is 15.6.